The van der Waals surface area contributed by atoms with Gasteiger partial charge in [-0.2, -0.15) is 0 Å². The minimum Gasteiger partial charge on any atom is -0.378 e. The fourth-order valence-corrected chi connectivity index (χ4v) is 5.34. The highest BCUT2D eigenvalue weighted by atomic mass is 35.5. The molecule has 0 radical (unpaired) electrons. The maximum absolute atomic E-state index is 13.4. The molecule has 0 atom stereocenters. The number of nitrogens with zero attached hydrogens (tertiary/aromatic N) is 2. The SMILES string of the molecule is Cc1ccc(S(=O)(=O)N(CC(=O)NCc2ccc(N3CCOCC3)cc2)c2ccc(Cl)cc2)cc1. The van der Waals surface area contributed by atoms with Crippen molar-refractivity contribution in [3.8, 4) is 0 Å². The van der Waals surface area contributed by atoms with Crippen molar-refractivity contribution in [2.24, 2.45) is 0 Å². The van der Waals surface area contributed by atoms with Gasteiger partial charge >= 0.3 is 0 Å². The highest BCUT2D eigenvalue weighted by Gasteiger charge is 2.27. The summed E-state index contributed by atoms with van der Waals surface area (Å²) in [5.74, 6) is -0.409. The molecule has 0 saturated carbocycles. The van der Waals surface area contributed by atoms with Crippen molar-refractivity contribution in [3.05, 3.63) is 88.9 Å². The van der Waals surface area contributed by atoms with Crippen LogP contribution < -0.4 is 14.5 Å². The molecule has 35 heavy (non-hydrogen) atoms. The van der Waals surface area contributed by atoms with E-state index in [9.17, 15) is 13.2 Å². The van der Waals surface area contributed by atoms with E-state index < -0.39 is 15.9 Å². The van der Waals surface area contributed by atoms with Gasteiger partial charge in [-0.1, -0.05) is 41.4 Å². The van der Waals surface area contributed by atoms with Crippen LogP contribution in [-0.4, -0.2) is 47.2 Å². The van der Waals surface area contributed by atoms with Gasteiger partial charge in [-0.05, 0) is 61.0 Å². The minimum absolute atomic E-state index is 0.115. The lowest BCUT2D eigenvalue weighted by Gasteiger charge is -2.29. The molecule has 184 valence electrons. The minimum atomic E-state index is -3.97. The molecule has 0 bridgehead atoms. The van der Waals surface area contributed by atoms with E-state index in [2.05, 4.69) is 10.2 Å². The predicted molar refractivity (Wildman–Crippen MR) is 138 cm³/mol. The number of nitrogens with one attached hydrogen (secondary N) is 1. The number of ether oxygens (including phenoxy) is 1. The first kappa shape index (κ1) is 25.0. The van der Waals surface area contributed by atoms with Crippen LogP contribution in [0.25, 0.3) is 0 Å². The standard InChI is InChI=1S/C26H28ClN3O4S/c1-20-2-12-25(13-3-20)35(32,33)30(24-10-6-22(27)7-11-24)19-26(31)28-18-21-4-8-23(9-5-21)29-14-16-34-17-15-29/h2-13H,14-19H2,1H3,(H,28,31). The van der Waals surface area contributed by atoms with Crippen molar-refractivity contribution in [2.75, 3.05) is 42.1 Å². The van der Waals surface area contributed by atoms with Crippen LogP contribution in [0.3, 0.4) is 0 Å². The average Bonchev–Trinajstić information content (AvgIpc) is 2.88. The van der Waals surface area contributed by atoms with Crippen LogP contribution in [0.4, 0.5) is 11.4 Å². The molecule has 1 amide bonds. The Morgan fingerprint density at radius 2 is 1.60 bits per heavy atom. The van der Waals surface area contributed by atoms with Crippen molar-refractivity contribution >= 4 is 38.9 Å². The van der Waals surface area contributed by atoms with Gasteiger partial charge in [0.25, 0.3) is 10.0 Å². The molecular weight excluding hydrogens is 486 g/mol. The van der Waals surface area contributed by atoms with Gasteiger partial charge in [-0.25, -0.2) is 8.42 Å². The third-order valence-corrected chi connectivity index (χ3v) is 7.85. The van der Waals surface area contributed by atoms with E-state index in [0.717, 1.165) is 34.2 Å². The predicted octanol–water partition coefficient (Wildman–Crippen LogP) is 4.00. The van der Waals surface area contributed by atoms with E-state index >= 15 is 0 Å². The first-order chi connectivity index (χ1) is 16.8. The molecule has 1 fully saturated rings. The van der Waals surface area contributed by atoms with Gasteiger partial charge in [0.15, 0.2) is 0 Å². The molecule has 0 aromatic heterocycles. The monoisotopic (exact) mass is 513 g/mol. The normalized spacial score (nSPS) is 13.9. The quantitative estimate of drug-likeness (QED) is 0.492. The van der Waals surface area contributed by atoms with Crippen LogP contribution in [0.1, 0.15) is 11.1 Å². The number of hydrogen-bond donors (Lipinski definition) is 1. The van der Waals surface area contributed by atoms with Gasteiger partial charge < -0.3 is 15.0 Å². The van der Waals surface area contributed by atoms with E-state index in [0.29, 0.717) is 30.5 Å². The molecule has 1 heterocycles. The van der Waals surface area contributed by atoms with Crippen molar-refractivity contribution in [3.63, 3.8) is 0 Å². The summed E-state index contributed by atoms with van der Waals surface area (Å²) in [6, 6.07) is 20.9. The Morgan fingerprint density at radius 3 is 2.23 bits per heavy atom. The zero-order chi connectivity index (χ0) is 24.8. The Morgan fingerprint density at radius 1 is 0.971 bits per heavy atom. The van der Waals surface area contributed by atoms with Gasteiger partial charge in [0.2, 0.25) is 5.91 Å². The third kappa shape index (κ3) is 6.33. The molecule has 3 aromatic rings. The summed E-state index contributed by atoms with van der Waals surface area (Å²) < 4.78 is 33.3. The molecule has 0 aliphatic carbocycles. The molecule has 1 saturated heterocycles. The Balaban J connectivity index is 1.46. The van der Waals surface area contributed by atoms with E-state index in [1.165, 1.54) is 0 Å². The van der Waals surface area contributed by atoms with E-state index in [-0.39, 0.29) is 11.4 Å². The second-order valence-electron chi connectivity index (χ2n) is 8.34. The average molecular weight is 514 g/mol. The molecule has 7 nitrogen and oxygen atoms in total. The smallest absolute Gasteiger partial charge is 0.264 e. The fraction of sp³-hybridized carbons (Fsp3) is 0.269. The van der Waals surface area contributed by atoms with Crippen LogP contribution in [0, 0.1) is 6.92 Å². The first-order valence-corrected chi connectivity index (χ1v) is 13.2. The number of carbonyl (C=O) groups excluding carboxylic acids is 1. The van der Waals surface area contributed by atoms with Gasteiger partial charge in [-0.3, -0.25) is 9.10 Å². The molecule has 1 N–H and O–H groups in total. The van der Waals surface area contributed by atoms with Crippen molar-refractivity contribution in [1.82, 2.24) is 5.32 Å². The first-order valence-electron chi connectivity index (χ1n) is 11.4. The summed E-state index contributed by atoms with van der Waals surface area (Å²) in [7, 11) is -3.97. The van der Waals surface area contributed by atoms with Crippen LogP contribution in [0.2, 0.25) is 5.02 Å². The molecule has 9 heteroatoms. The zero-order valence-electron chi connectivity index (χ0n) is 19.5. The second kappa shape index (κ2) is 11.1. The molecule has 1 aliphatic rings. The number of aryl methyl sites for hydroxylation is 1. The number of carbonyl (C=O) groups is 1. The summed E-state index contributed by atoms with van der Waals surface area (Å²) in [5.41, 5.74) is 3.34. The number of rotatable bonds is 8. The van der Waals surface area contributed by atoms with Crippen LogP contribution in [0.15, 0.2) is 77.7 Å². The van der Waals surface area contributed by atoms with Gasteiger partial charge in [-0.15, -0.1) is 0 Å². The van der Waals surface area contributed by atoms with Crippen LogP contribution in [0.5, 0.6) is 0 Å². The summed E-state index contributed by atoms with van der Waals surface area (Å²) in [4.78, 5) is 15.2. The topological polar surface area (TPSA) is 79.0 Å². The number of morpholine rings is 1. The Kier molecular flexibility index (Phi) is 7.95. The largest absolute Gasteiger partial charge is 0.378 e. The maximum atomic E-state index is 13.4. The summed E-state index contributed by atoms with van der Waals surface area (Å²) in [6.45, 7) is 4.96. The summed E-state index contributed by atoms with van der Waals surface area (Å²) in [5, 5.41) is 3.32. The fourth-order valence-electron chi connectivity index (χ4n) is 3.79. The van der Waals surface area contributed by atoms with Crippen LogP contribution >= 0.6 is 11.6 Å². The highest BCUT2D eigenvalue weighted by Crippen LogP contribution is 2.25. The van der Waals surface area contributed by atoms with Gasteiger partial charge in [0.1, 0.15) is 6.54 Å². The number of sulfonamides is 1. The Labute approximate surface area is 211 Å². The third-order valence-electron chi connectivity index (χ3n) is 5.81. The summed E-state index contributed by atoms with van der Waals surface area (Å²) in [6.07, 6.45) is 0. The molecule has 4 rings (SSSR count). The lowest BCUT2D eigenvalue weighted by Crippen LogP contribution is -2.40. The van der Waals surface area contributed by atoms with Crippen molar-refractivity contribution < 1.29 is 17.9 Å². The molecule has 0 spiro atoms. The lowest BCUT2D eigenvalue weighted by molar-refractivity contribution is -0.119. The summed E-state index contributed by atoms with van der Waals surface area (Å²) >= 11 is 5.99. The lowest BCUT2D eigenvalue weighted by atomic mass is 10.2. The van der Waals surface area contributed by atoms with Gasteiger partial charge in [0, 0.05) is 30.3 Å². The number of benzene rings is 3. The zero-order valence-corrected chi connectivity index (χ0v) is 21.1. The maximum Gasteiger partial charge on any atom is 0.264 e. The number of hydrogen-bond acceptors (Lipinski definition) is 5. The molecule has 0 unspecified atom stereocenters. The number of halogens is 1. The number of amides is 1. The molecule has 3 aromatic carbocycles. The molecule has 1 aliphatic heterocycles. The van der Waals surface area contributed by atoms with Gasteiger partial charge in [0.05, 0.1) is 23.8 Å². The van der Waals surface area contributed by atoms with Crippen LogP contribution in [-0.2, 0) is 26.1 Å². The van der Waals surface area contributed by atoms with E-state index in [1.54, 1.807) is 48.5 Å². The van der Waals surface area contributed by atoms with Crippen molar-refractivity contribution in [1.29, 1.82) is 0 Å². The Bertz CT molecular complexity index is 1240. The van der Waals surface area contributed by atoms with Crippen molar-refractivity contribution in [2.45, 2.75) is 18.4 Å². The van der Waals surface area contributed by atoms with E-state index in [4.69, 9.17) is 16.3 Å². The Hall–Kier alpha value is -3.07. The number of anilines is 2. The molecular formula is C26H28ClN3O4S. The highest BCUT2D eigenvalue weighted by molar-refractivity contribution is 7.92. The van der Waals surface area contributed by atoms with E-state index in [1.807, 2.05) is 31.2 Å². The second-order valence-corrected chi connectivity index (χ2v) is 10.6.